The molecule has 4 aromatic rings. The van der Waals surface area contributed by atoms with Crippen molar-refractivity contribution in [2.45, 2.75) is 31.2 Å². The molecule has 6 rings (SSSR count). The van der Waals surface area contributed by atoms with Gasteiger partial charge < -0.3 is 15.0 Å². The molecule has 1 amide bonds. The third-order valence-electron chi connectivity index (χ3n) is 6.82. The van der Waals surface area contributed by atoms with Crippen LogP contribution in [0.1, 0.15) is 41.1 Å². The maximum absolute atomic E-state index is 13.1. The Hall–Kier alpha value is -4.26. The van der Waals surface area contributed by atoms with Gasteiger partial charge in [-0.2, -0.15) is 0 Å². The number of aromatic nitrogens is 2. The van der Waals surface area contributed by atoms with Crippen molar-refractivity contribution >= 4 is 22.9 Å². The Balaban J connectivity index is 1.39. The SMILES string of the molecule is O=C(NC1CC1)c1cn(-c2cccc(-c3ccc([C@@H]4C[C@@H]4C(=O)O)cc3)c2)c2ncccc2c1=O. The predicted octanol–water partition coefficient (Wildman–Crippen LogP) is 4.13. The summed E-state index contributed by atoms with van der Waals surface area (Å²) in [6.07, 6.45) is 5.78. The van der Waals surface area contributed by atoms with Crippen LogP contribution < -0.4 is 10.7 Å². The molecule has 2 aromatic heterocycles. The summed E-state index contributed by atoms with van der Waals surface area (Å²) < 4.78 is 1.79. The number of hydrogen-bond acceptors (Lipinski definition) is 4. The lowest BCUT2D eigenvalue weighted by Gasteiger charge is -2.14. The maximum atomic E-state index is 13.1. The Morgan fingerprint density at radius 3 is 2.51 bits per heavy atom. The molecule has 174 valence electrons. The molecule has 35 heavy (non-hydrogen) atoms. The van der Waals surface area contributed by atoms with Gasteiger partial charge in [0.25, 0.3) is 5.91 Å². The number of nitrogens with zero attached hydrogens (tertiary/aromatic N) is 2. The van der Waals surface area contributed by atoms with E-state index in [9.17, 15) is 19.5 Å². The molecular weight excluding hydrogens is 442 g/mol. The molecule has 2 fully saturated rings. The molecule has 2 saturated carbocycles. The second kappa shape index (κ2) is 8.20. The van der Waals surface area contributed by atoms with Gasteiger partial charge in [-0.3, -0.25) is 14.4 Å². The zero-order valence-electron chi connectivity index (χ0n) is 18.8. The number of amides is 1. The highest BCUT2D eigenvalue weighted by Gasteiger charge is 2.44. The first-order valence-corrected chi connectivity index (χ1v) is 11.7. The average molecular weight is 466 g/mol. The summed E-state index contributed by atoms with van der Waals surface area (Å²) in [5.74, 6) is -1.29. The fourth-order valence-electron chi connectivity index (χ4n) is 4.60. The van der Waals surface area contributed by atoms with E-state index in [1.54, 1.807) is 29.1 Å². The molecule has 2 aromatic carbocycles. The van der Waals surface area contributed by atoms with E-state index in [0.717, 1.165) is 35.2 Å². The van der Waals surface area contributed by atoms with Crippen LogP contribution in [0.4, 0.5) is 0 Å². The van der Waals surface area contributed by atoms with Crippen LogP contribution in [0, 0.1) is 5.92 Å². The van der Waals surface area contributed by atoms with Gasteiger partial charge in [0, 0.05) is 24.1 Å². The number of hydrogen-bond donors (Lipinski definition) is 2. The third-order valence-corrected chi connectivity index (χ3v) is 6.82. The lowest BCUT2D eigenvalue weighted by atomic mass is 10.0. The number of nitrogens with one attached hydrogen (secondary N) is 1. The van der Waals surface area contributed by atoms with E-state index in [4.69, 9.17) is 0 Å². The molecule has 2 N–H and O–H groups in total. The molecule has 2 aliphatic carbocycles. The zero-order valence-corrected chi connectivity index (χ0v) is 18.8. The van der Waals surface area contributed by atoms with Crippen LogP contribution in [0.2, 0.25) is 0 Å². The number of carbonyl (C=O) groups excluding carboxylic acids is 1. The number of aliphatic carboxylic acids is 1. The number of benzene rings is 2. The first-order valence-electron chi connectivity index (χ1n) is 11.7. The van der Waals surface area contributed by atoms with Crippen molar-refractivity contribution in [1.29, 1.82) is 0 Å². The summed E-state index contributed by atoms with van der Waals surface area (Å²) in [6.45, 7) is 0. The van der Waals surface area contributed by atoms with Gasteiger partial charge in [0.1, 0.15) is 11.2 Å². The fraction of sp³-hybridized carbons (Fsp3) is 0.214. The van der Waals surface area contributed by atoms with Gasteiger partial charge >= 0.3 is 5.97 Å². The van der Waals surface area contributed by atoms with E-state index in [2.05, 4.69) is 10.3 Å². The van der Waals surface area contributed by atoms with Crippen molar-refractivity contribution in [2.24, 2.45) is 5.92 Å². The molecule has 7 heteroatoms. The van der Waals surface area contributed by atoms with Crippen molar-refractivity contribution in [3.05, 3.63) is 94.4 Å². The molecule has 2 atom stereocenters. The Labute approximate surface area is 201 Å². The minimum atomic E-state index is -0.737. The Bertz CT molecular complexity index is 1540. The topological polar surface area (TPSA) is 101 Å². The molecule has 0 radical (unpaired) electrons. The highest BCUT2D eigenvalue weighted by atomic mass is 16.4. The van der Waals surface area contributed by atoms with Crippen molar-refractivity contribution in [2.75, 3.05) is 0 Å². The quantitative estimate of drug-likeness (QED) is 0.446. The molecule has 0 saturated heterocycles. The average Bonchev–Trinajstić information content (AvgIpc) is 3.80. The number of fused-ring (bicyclic) bond motifs is 1. The number of carboxylic acids is 1. The number of carbonyl (C=O) groups is 2. The Kier molecular flexibility index (Phi) is 4.99. The summed E-state index contributed by atoms with van der Waals surface area (Å²) >= 11 is 0. The summed E-state index contributed by atoms with van der Waals surface area (Å²) in [4.78, 5) is 41.5. The molecule has 2 aliphatic rings. The monoisotopic (exact) mass is 465 g/mol. The first kappa shape index (κ1) is 21.3. The number of rotatable bonds is 6. The Morgan fingerprint density at radius 1 is 1.00 bits per heavy atom. The van der Waals surface area contributed by atoms with Gasteiger partial charge in [-0.05, 0) is 66.1 Å². The lowest BCUT2D eigenvalue weighted by molar-refractivity contribution is -0.138. The molecule has 0 unspecified atom stereocenters. The highest BCUT2D eigenvalue weighted by molar-refractivity contribution is 5.97. The van der Waals surface area contributed by atoms with E-state index in [-0.39, 0.29) is 34.8 Å². The van der Waals surface area contributed by atoms with Gasteiger partial charge in [-0.1, -0.05) is 36.4 Å². The highest BCUT2D eigenvalue weighted by Crippen LogP contribution is 2.47. The number of carboxylic acid groups (broad SMARTS) is 1. The van der Waals surface area contributed by atoms with E-state index in [0.29, 0.717) is 17.5 Å². The normalized spacial score (nSPS) is 18.9. The van der Waals surface area contributed by atoms with E-state index < -0.39 is 5.97 Å². The fourth-order valence-corrected chi connectivity index (χ4v) is 4.60. The minimum absolute atomic E-state index is 0.0895. The van der Waals surface area contributed by atoms with Gasteiger partial charge in [-0.15, -0.1) is 0 Å². The summed E-state index contributed by atoms with van der Waals surface area (Å²) in [5.41, 5.74) is 4.04. The molecule has 7 nitrogen and oxygen atoms in total. The standard InChI is InChI=1S/C28H23N3O4/c32-25-21-5-2-12-29-26(21)31(15-24(25)27(33)30-19-10-11-19)20-4-1-3-18(13-20)16-6-8-17(9-7-16)22-14-23(22)28(34)35/h1-9,12-13,15,19,22-23H,10-11,14H2,(H,30,33)(H,34,35)/t22-,23-/m0/s1. The van der Waals surface area contributed by atoms with Crippen LogP contribution in [0.15, 0.2) is 77.9 Å². The van der Waals surface area contributed by atoms with Crippen LogP contribution in [-0.2, 0) is 4.79 Å². The van der Waals surface area contributed by atoms with E-state index in [1.165, 1.54) is 0 Å². The predicted molar refractivity (Wildman–Crippen MR) is 132 cm³/mol. The maximum Gasteiger partial charge on any atom is 0.307 e. The van der Waals surface area contributed by atoms with E-state index in [1.807, 2.05) is 48.5 Å². The van der Waals surface area contributed by atoms with Crippen LogP contribution in [0.25, 0.3) is 27.8 Å². The van der Waals surface area contributed by atoms with Crippen molar-refractivity contribution in [3.63, 3.8) is 0 Å². The van der Waals surface area contributed by atoms with E-state index >= 15 is 0 Å². The van der Waals surface area contributed by atoms with Crippen molar-refractivity contribution in [1.82, 2.24) is 14.9 Å². The van der Waals surface area contributed by atoms with Gasteiger partial charge in [0.2, 0.25) is 5.43 Å². The molecule has 0 spiro atoms. The second-order valence-electron chi connectivity index (χ2n) is 9.32. The number of pyridine rings is 2. The summed E-state index contributed by atoms with van der Waals surface area (Å²) in [6, 6.07) is 19.4. The van der Waals surface area contributed by atoms with Gasteiger partial charge in [0.05, 0.1) is 11.3 Å². The van der Waals surface area contributed by atoms with Crippen LogP contribution in [0.3, 0.4) is 0 Å². The summed E-state index contributed by atoms with van der Waals surface area (Å²) in [5, 5.41) is 12.5. The molecule has 0 bridgehead atoms. The zero-order chi connectivity index (χ0) is 24.1. The lowest BCUT2D eigenvalue weighted by Crippen LogP contribution is -2.31. The third kappa shape index (κ3) is 3.99. The minimum Gasteiger partial charge on any atom is -0.481 e. The van der Waals surface area contributed by atoms with Crippen molar-refractivity contribution in [3.8, 4) is 16.8 Å². The molecule has 0 aliphatic heterocycles. The van der Waals surface area contributed by atoms with Gasteiger partial charge in [-0.25, -0.2) is 4.98 Å². The van der Waals surface area contributed by atoms with Crippen LogP contribution in [0.5, 0.6) is 0 Å². The smallest absolute Gasteiger partial charge is 0.307 e. The first-order chi connectivity index (χ1) is 17.0. The molecular formula is C28H23N3O4. The van der Waals surface area contributed by atoms with Crippen molar-refractivity contribution < 1.29 is 14.7 Å². The Morgan fingerprint density at radius 2 is 1.80 bits per heavy atom. The largest absolute Gasteiger partial charge is 0.481 e. The van der Waals surface area contributed by atoms with Gasteiger partial charge in [0.15, 0.2) is 0 Å². The second-order valence-corrected chi connectivity index (χ2v) is 9.32. The van der Waals surface area contributed by atoms with Crippen LogP contribution in [-0.4, -0.2) is 32.6 Å². The summed E-state index contributed by atoms with van der Waals surface area (Å²) in [7, 11) is 0. The molecule has 2 heterocycles. The van der Waals surface area contributed by atoms with Crippen LogP contribution >= 0.6 is 0 Å².